The molecule has 90 valence electrons. The zero-order valence-corrected chi connectivity index (χ0v) is 9.46. The predicted molar refractivity (Wildman–Crippen MR) is 64.2 cm³/mol. The molecule has 1 aromatic rings. The summed E-state index contributed by atoms with van der Waals surface area (Å²) in [6.07, 6.45) is 5.58. The molecular weight excluding hydrogens is 220 g/mol. The van der Waals surface area contributed by atoms with Gasteiger partial charge in [-0.1, -0.05) is 11.6 Å². The molecular formula is C12H14N2O3. The summed E-state index contributed by atoms with van der Waals surface area (Å²) in [4.78, 5) is 15.3. The van der Waals surface area contributed by atoms with E-state index in [0.29, 0.717) is 5.75 Å². The molecule has 0 heterocycles. The SMILES string of the molecule is O=[N+]([O-])c1ccc(ON=C2CCCCC2)cc1. The van der Waals surface area contributed by atoms with Crippen molar-refractivity contribution in [2.45, 2.75) is 32.1 Å². The van der Waals surface area contributed by atoms with Crippen LogP contribution in [-0.4, -0.2) is 10.6 Å². The molecule has 17 heavy (non-hydrogen) atoms. The Morgan fingerprint density at radius 3 is 2.35 bits per heavy atom. The Balaban J connectivity index is 1.96. The molecule has 5 heteroatoms. The number of oxime groups is 1. The maximum atomic E-state index is 10.5. The number of rotatable bonds is 3. The number of nitro groups is 1. The molecule has 5 nitrogen and oxygen atoms in total. The molecule has 1 aliphatic carbocycles. The lowest BCUT2D eigenvalue weighted by atomic mass is 9.99. The van der Waals surface area contributed by atoms with Gasteiger partial charge in [-0.05, 0) is 37.8 Å². The van der Waals surface area contributed by atoms with E-state index in [-0.39, 0.29) is 5.69 Å². The number of hydrogen-bond acceptors (Lipinski definition) is 4. The standard InChI is InChI=1S/C12H14N2O3/c15-14(16)11-6-8-12(9-7-11)17-13-10-4-2-1-3-5-10/h6-9H,1-5H2. The molecule has 0 radical (unpaired) electrons. The lowest BCUT2D eigenvalue weighted by Gasteiger charge is -2.11. The summed E-state index contributed by atoms with van der Waals surface area (Å²) in [6, 6.07) is 5.95. The van der Waals surface area contributed by atoms with E-state index >= 15 is 0 Å². The van der Waals surface area contributed by atoms with Crippen molar-refractivity contribution in [2.75, 3.05) is 0 Å². The Bertz CT molecular complexity index is 418. The molecule has 0 saturated heterocycles. The number of hydrogen-bond donors (Lipinski definition) is 0. The van der Waals surface area contributed by atoms with Gasteiger partial charge >= 0.3 is 0 Å². The Morgan fingerprint density at radius 1 is 1.12 bits per heavy atom. The van der Waals surface area contributed by atoms with Gasteiger partial charge in [0.25, 0.3) is 5.69 Å². The fourth-order valence-corrected chi connectivity index (χ4v) is 1.80. The summed E-state index contributed by atoms with van der Waals surface area (Å²) in [5.74, 6) is 0.536. The van der Waals surface area contributed by atoms with Crippen LogP contribution in [0.4, 0.5) is 5.69 Å². The number of nitro benzene ring substituents is 1. The van der Waals surface area contributed by atoms with E-state index in [9.17, 15) is 10.1 Å². The van der Waals surface area contributed by atoms with Crippen molar-refractivity contribution < 1.29 is 9.76 Å². The maximum absolute atomic E-state index is 10.5. The first-order chi connectivity index (χ1) is 8.25. The van der Waals surface area contributed by atoms with Gasteiger partial charge in [0, 0.05) is 12.1 Å². The van der Waals surface area contributed by atoms with E-state index < -0.39 is 4.92 Å². The van der Waals surface area contributed by atoms with Crippen molar-refractivity contribution in [2.24, 2.45) is 5.16 Å². The first-order valence-corrected chi connectivity index (χ1v) is 5.73. The highest BCUT2D eigenvalue weighted by molar-refractivity contribution is 5.84. The van der Waals surface area contributed by atoms with E-state index in [0.717, 1.165) is 18.6 Å². The van der Waals surface area contributed by atoms with Crippen LogP contribution in [-0.2, 0) is 0 Å². The molecule has 0 unspecified atom stereocenters. The number of benzene rings is 1. The minimum atomic E-state index is -0.434. The highest BCUT2D eigenvalue weighted by atomic mass is 16.6. The molecule has 0 atom stereocenters. The smallest absolute Gasteiger partial charge is 0.269 e. The van der Waals surface area contributed by atoms with Gasteiger partial charge in [-0.15, -0.1) is 0 Å². The van der Waals surface area contributed by atoms with Crippen molar-refractivity contribution in [1.29, 1.82) is 0 Å². The summed E-state index contributed by atoms with van der Waals surface area (Å²) < 4.78 is 0. The first-order valence-electron chi connectivity index (χ1n) is 5.73. The van der Waals surface area contributed by atoms with Gasteiger partial charge in [0.15, 0.2) is 5.75 Å². The molecule has 2 rings (SSSR count). The normalized spacial score (nSPS) is 15.4. The second-order valence-corrected chi connectivity index (χ2v) is 4.06. The van der Waals surface area contributed by atoms with Gasteiger partial charge in [0.2, 0.25) is 0 Å². The lowest BCUT2D eigenvalue weighted by Crippen LogP contribution is -2.06. The molecule has 1 aliphatic rings. The summed E-state index contributed by atoms with van der Waals surface area (Å²) in [5, 5.41) is 14.5. The third-order valence-electron chi connectivity index (χ3n) is 2.76. The molecule has 1 aromatic carbocycles. The highest BCUT2D eigenvalue weighted by Crippen LogP contribution is 2.19. The molecule has 0 amide bonds. The molecule has 0 bridgehead atoms. The highest BCUT2D eigenvalue weighted by Gasteiger charge is 2.08. The summed E-state index contributed by atoms with van der Waals surface area (Å²) >= 11 is 0. The molecule has 1 saturated carbocycles. The van der Waals surface area contributed by atoms with Gasteiger partial charge in [-0.3, -0.25) is 10.1 Å². The minimum Gasteiger partial charge on any atom is -0.357 e. The van der Waals surface area contributed by atoms with Gasteiger partial charge in [-0.25, -0.2) is 0 Å². The van der Waals surface area contributed by atoms with Crippen LogP contribution in [0.25, 0.3) is 0 Å². The second kappa shape index (κ2) is 5.43. The molecule has 1 fully saturated rings. The average Bonchev–Trinajstić information content (AvgIpc) is 2.38. The summed E-state index contributed by atoms with van der Waals surface area (Å²) in [7, 11) is 0. The van der Waals surface area contributed by atoms with Crippen LogP contribution in [0.1, 0.15) is 32.1 Å². The predicted octanol–water partition coefficient (Wildman–Crippen LogP) is 3.29. The van der Waals surface area contributed by atoms with Crippen LogP contribution in [0.3, 0.4) is 0 Å². The zero-order chi connectivity index (χ0) is 12.1. The van der Waals surface area contributed by atoms with E-state index in [1.54, 1.807) is 12.1 Å². The summed E-state index contributed by atoms with van der Waals surface area (Å²) in [6.45, 7) is 0. The topological polar surface area (TPSA) is 64.7 Å². The van der Waals surface area contributed by atoms with Crippen molar-refractivity contribution in [3.8, 4) is 5.75 Å². The minimum absolute atomic E-state index is 0.0580. The third-order valence-corrected chi connectivity index (χ3v) is 2.76. The quantitative estimate of drug-likeness (QED) is 0.595. The second-order valence-electron chi connectivity index (χ2n) is 4.06. The molecule has 0 spiro atoms. The van der Waals surface area contributed by atoms with E-state index in [4.69, 9.17) is 4.84 Å². The Kier molecular flexibility index (Phi) is 3.69. The average molecular weight is 234 g/mol. The van der Waals surface area contributed by atoms with Crippen LogP contribution in [0.2, 0.25) is 0 Å². The van der Waals surface area contributed by atoms with Crippen LogP contribution >= 0.6 is 0 Å². The zero-order valence-electron chi connectivity index (χ0n) is 9.46. The largest absolute Gasteiger partial charge is 0.357 e. The van der Waals surface area contributed by atoms with Gasteiger partial charge < -0.3 is 4.84 Å². The fourth-order valence-electron chi connectivity index (χ4n) is 1.80. The maximum Gasteiger partial charge on any atom is 0.269 e. The van der Waals surface area contributed by atoms with E-state index in [2.05, 4.69) is 5.16 Å². The number of nitrogens with zero attached hydrogens (tertiary/aromatic N) is 2. The van der Waals surface area contributed by atoms with Crippen molar-refractivity contribution >= 4 is 11.4 Å². The monoisotopic (exact) mass is 234 g/mol. The Morgan fingerprint density at radius 2 is 1.76 bits per heavy atom. The fraction of sp³-hybridized carbons (Fsp3) is 0.417. The van der Waals surface area contributed by atoms with Crippen LogP contribution in [0.15, 0.2) is 29.4 Å². The summed E-state index contributed by atoms with van der Waals surface area (Å²) in [5.41, 5.74) is 1.14. The van der Waals surface area contributed by atoms with Gasteiger partial charge in [0.05, 0.1) is 10.6 Å². The van der Waals surface area contributed by atoms with Gasteiger partial charge in [0.1, 0.15) is 0 Å². The molecule has 0 aromatic heterocycles. The van der Waals surface area contributed by atoms with Crippen LogP contribution < -0.4 is 4.84 Å². The Hall–Kier alpha value is -1.91. The van der Waals surface area contributed by atoms with Crippen LogP contribution in [0, 0.1) is 10.1 Å². The first kappa shape index (κ1) is 11.6. The van der Waals surface area contributed by atoms with E-state index in [1.165, 1.54) is 31.4 Å². The lowest BCUT2D eigenvalue weighted by molar-refractivity contribution is -0.384. The third kappa shape index (κ3) is 3.27. The van der Waals surface area contributed by atoms with Crippen molar-refractivity contribution in [3.63, 3.8) is 0 Å². The number of non-ortho nitro benzene ring substituents is 1. The molecule has 0 aliphatic heterocycles. The Labute approximate surface area is 99.2 Å². The molecule has 0 N–H and O–H groups in total. The van der Waals surface area contributed by atoms with Crippen LogP contribution in [0.5, 0.6) is 5.75 Å². The van der Waals surface area contributed by atoms with E-state index in [1.807, 2.05) is 0 Å². The van der Waals surface area contributed by atoms with Gasteiger partial charge in [-0.2, -0.15) is 0 Å². The van der Waals surface area contributed by atoms with Crippen molar-refractivity contribution in [3.05, 3.63) is 34.4 Å². The van der Waals surface area contributed by atoms with Crippen molar-refractivity contribution in [1.82, 2.24) is 0 Å².